The number of halogens is 6. The Hall–Kier alpha value is -1.99. The predicted octanol–water partition coefficient (Wildman–Crippen LogP) is 4.92. The molecule has 2 heterocycles. The van der Waals surface area contributed by atoms with Gasteiger partial charge in [0.2, 0.25) is 0 Å². The van der Waals surface area contributed by atoms with Gasteiger partial charge in [-0.1, -0.05) is 51.8 Å². The Bertz CT molecular complexity index is 1250. The number of nitrogens with zero attached hydrogens (tertiary/aromatic N) is 3. The van der Waals surface area contributed by atoms with E-state index in [0.717, 1.165) is 28.6 Å². The third-order valence-electron chi connectivity index (χ3n) is 4.80. The van der Waals surface area contributed by atoms with E-state index in [-0.39, 0.29) is 32.0 Å². The summed E-state index contributed by atoms with van der Waals surface area (Å²) < 4.78 is 47.1. The monoisotopic (exact) mass is 553 g/mol. The second kappa shape index (κ2) is 9.94. The average molecular weight is 555 g/mol. The number of aliphatic hydroxyl groups is 3. The van der Waals surface area contributed by atoms with Gasteiger partial charge in [0.15, 0.2) is 17.5 Å². The highest BCUT2D eigenvalue weighted by atomic mass is 35.5. The van der Waals surface area contributed by atoms with Crippen LogP contribution in [0.2, 0.25) is 15.1 Å². The molecule has 0 saturated carbocycles. The summed E-state index contributed by atoms with van der Waals surface area (Å²) in [6.07, 6.45) is -1.59. The van der Waals surface area contributed by atoms with Gasteiger partial charge in [0.25, 0.3) is 0 Å². The van der Waals surface area contributed by atoms with Crippen molar-refractivity contribution in [3.63, 3.8) is 0 Å². The third kappa shape index (κ3) is 4.74. The smallest absolute Gasteiger partial charge is 0.194 e. The lowest BCUT2D eigenvalue weighted by Crippen LogP contribution is -2.42. The standard InChI is InChI=1S/C20H13Cl3F3N3O4S/c21-9-3-8(4-10(22)15(9)23)34-20-19(32)17(18(31)14(6-30)33-20)29-5-13(27-28-29)7-1-11(24)16(26)12(25)2-7/h1-5,14,19-20,30-32H,6H2/t14?,19?,20-/m1/s1. The quantitative estimate of drug-likeness (QED) is 0.385. The van der Waals surface area contributed by atoms with Crippen molar-refractivity contribution in [2.24, 2.45) is 0 Å². The molecule has 0 saturated heterocycles. The van der Waals surface area contributed by atoms with Crippen molar-refractivity contribution in [3.05, 3.63) is 68.7 Å². The van der Waals surface area contributed by atoms with E-state index < -0.39 is 47.5 Å². The van der Waals surface area contributed by atoms with E-state index >= 15 is 0 Å². The molecule has 0 fully saturated rings. The molecule has 7 nitrogen and oxygen atoms in total. The Kier molecular flexibility index (Phi) is 7.34. The zero-order valence-electron chi connectivity index (χ0n) is 16.6. The van der Waals surface area contributed by atoms with Crippen molar-refractivity contribution in [2.45, 2.75) is 22.5 Å². The number of aliphatic hydroxyl groups excluding tert-OH is 3. The highest BCUT2D eigenvalue weighted by Crippen LogP contribution is 2.40. The van der Waals surface area contributed by atoms with Crippen LogP contribution < -0.4 is 0 Å². The summed E-state index contributed by atoms with van der Waals surface area (Å²) in [7, 11) is 0. The Morgan fingerprint density at radius 3 is 2.26 bits per heavy atom. The van der Waals surface area contributed by atoms with Gasteiger partial charge in [0, 0.05) is 10.5 Å². The van der Waals surface area contributed by atoms with Crippen molar-refractivity contribution in [2.75, 3.05) is 6.61 Å². The van der Waals surface area contributed by atoms with Crippen LogP contribution in [-0.2, 0) is 4.74 Å². The van der Waals surface area contributed by atoms with Gasteiger partial charge in [-0.05, 0) is 24.3 Å². The van der Waals surface area contributed by atoms with Crippen molar-refractivity contribution in [1.29, 1.82) is 0 Å². The van der Waals surface area contributed by atoms with E-state index in [4.69, 9.17) is 39.5 Å². The van der Waals surface area contributed by atoms with Gasteiger partial charge in [-0.3, -0.25) is 0 Å². The minimum absolute atomic E-state index is 0.0715. The first-order chi connectivity index (χ1) is 16.1. The molecule has 3 atom stereocenters. The highest BCUT2D eigenvalue weighted by molar-refractivity contribution is 7.99. The van der Waals surface area contributed by atoms with E-state index in [1.54, 1.807) is 0 Å². The van der Waals surface area contributed by atoms with Crippen LogP contribution in [0.5, 0.6) is 0 Å². The number of benzene rings is 2. The van der Waals surface area contributed by atoms with Crippen LogP contribution in [0, 0.1) is 17.5 Å². The molecule has 14 heteroatoms. The summed E-state index contributed by atoms with van der Waals surface area (Å²) in [5.74, 6) is -5.01. The minimum atomic E-state index is -1.63. The second-order valence-electron chi connectivity index (χ2n) is 7.01. The number of hydrogen-bond donors (Lipinski definition) is 3. The number of aromatic nitrogens is 3. The molecule has 0 aliphatic carbocycles. The van der Waals surface area contributed by atoms with Crippen LogP contribution in [0.4, 0.5) is 13.2 Å². The fourth-order valence-electron chi connectivity index (χ4n) is 3.17. The lowest BCUT2D eigenvalue weighted by molar-refractivity contribution is -0.0506. The molecule has 180 valence electrons. The molecule has 3 aromatic rings. The van der Waals surface area contributed by atoms with Gasteiger partial charge in [-0.2, -0.15) is 0 Å². The number of rotatable bonds is 5. The van der Waals surface area contributed by atoms with Gasteiger partial charge >= 0.3 is 0 Å². The molecule has 0 bridgehead atoms. The highest BCUT2D eigenvalue weighted by Gasteiger charge is 2.39. The molecule has 0 amide bonds. The molecule has 3 N–H and O–H groups in total. The third-order valence-corrected chi connectivity index (χ3v) is 7.10. The second-order valence-corrected chi connectivity index (χ2v) is 9.38. The molecule has 1 aromatic heterocycles. The van der Waals surface area contributed by atoms with E-state index in [0.29, 0.717) is 4.90 Å². The lowest BCUT2D eigenvalue weighted by Gasteiger charge is -2.34. The van der Waals surface area contributed by atoms with Crippen molar-refractivity contribution < 1.29 is 33.2 Å². The van der Waals surface area contributed by atoms with Gasteiger partial charge in [-0.15, -0.1) is 5.10 Å². The molecule has 4 rings (SSSR count). The Morgan fingerprint density at radius 2 is 1.68 bits per heavy atom. The maximum atomic E-state index is 13.6. The zero-order chi connectivity index (χ0) is 24.7. The summed E-state index contributed by atoms with van der Waals surface area (Å²) in [6, 6.07) is 4.44. The molecule has 2 unspecified atom stereocenters. The zero-order valence-corrected chi connectivity index (χ0v) is 19.7. The topological polar surface area (TPSA) is 101 Å². The van der Waals surface area contributed by atoms with Gasteiger partial charge in [-0.25, -0.2) is 17.9 Å². The minimum Gasteiger partial charge on any atom is -0.507 e. The normalized spacial score (nSPS) is 20.8. The number of hydrogen-bond acceptors (Lipinski definition) is 7. The largest absolute Gasteiger partial charge is 0.507 e. The molecular weight excluding hydrogens is 542 g/mol. The molecule has 0 radical (unpaired) electrons. The molecule has 34 heavy (non-hydrogen) atoms. The summed E-state index contributed by atoms with van der Waals surface area (Å²) >= 11 is 19.0. The molecular formula is C20H13Cl3F3N3O4S. The van der Waals surface area contributed by atoms with Crippen LogP contribution in [0.15, 0.2) is 41.1 Å². The van der Waals surface area contributed by atoms with Crippen LogP contribution in [-0.4, -0.2) is 54.6 Å². The first kappa shape index (κ1) is 25.1. The van der Waals surface area contributed by atoms with Crippen LogP contribution >= 0.6 is 46.6 Å². The lowest BCUT2D eigenvalue weighted by atomic mass is 10.1. The van der Waals surface area contributed by atoms with Crippen molar-refractivity contribution in [3.8, 4) is 11.3 Å². The molecule has 1 aliphatic rings. The summed E-state index contributed by atoms with van der Waals surface area (Å²) in [5, 5.41) is 39.2. The molecule has 1 aliphatic heterocycles. The van der Waals surface area contributed by atoms with E-state index in [1.807, 2.05) is 0 Å². The molecule has 0 spiro atoms. The van der Waals surface area contributed by atoms with E-state index in [2.05, 4.69) is 10.3 Å². The first-order valence-corrected chi connectivity index (χ1v) is 11.4. The van der Waals surface area contributed by atoms with Crippen molar-refractivity contribution in [1.82, 2.24) is 15.0 Å². The molecule has 2 aromatic carbocycles. The van der Waals surface area contributed by atoms with Crippen LogP contribution in [0.1, 0.15) is 0 Å². The van der Waals surface area contributed by atoms with Crippen LogP contribution in [0.25, 0.3) is 17.0 Å². The average Bonchev–Trinajstić information content (AvgIpc) is 3.27. The van der Waals surface area contributed by atoms with E-state index in [9.17, 15) is 28.5 Å². The van der Waals surface area contributed by atoms with Crippen LogP contribution in [0.3, 0.4) is 0 Å². The van der Waals surface area contributed by atoms with Gasteiger partial charge in [0.05, 0.1) is 27.9 Å². The Morgan fingerprint density at radius 1 is 1.06 bits per heavy atom. The summed E-state index contributed by atoms with van der Waals surface area (Å²) in [5.41, 5.74) is -1.47. The maximum Gasteiger partial charge on any atom is 0.194 e. The van der Waals surface area contributed by atoms with Gasteiger partial charge in [0.1, 0.15) is 34.8 Å². The summed E-state index contributed by atoms with van der Waals surface area (Å²) in [4.78, 5) is 0.470. The Balaban J connectivity index is 1.68. The fourth-order valence-corrected chi connectivity index (χ4v) is 4.99. The maximum absolute atomic E-state index is 13.6. The number of thioether (sulfide) groups is 1. The van der Waals surface area contributed by atoms with E-state index in [1.165, 1.54) is 18.3 Å². The SMILES string of the molecule is OCC1O[C@H](Sc2cc(Cl)c(Cl)c(Cl)c2)C(O)C(n2cc(-c3cc(F)c(F)c(F)c3)nn2)=C1O. The van der Waals surface area contributed by atoms with Crippen molar-refractivity contribution >= 4 is 52.3 Å². The number of ether oxygens (including phenoxy) is 1. The fraction of sp³-hybridized carbons (Fsp3) is 0.200. The Labute approximate surface area is 209 Å². The van der Waals surface area contributed by atoms with Gasteiger partial charge < -0.3 is 20.1 Å². The first-order valence-electron chi connectivity index (χ1n) is 9.37. The predicted molar refractivity (Wildman–Crippen MR) is 120 cm³/mol. The summed E-state index contributed by atoms with van der Waals surface area (Å²) in [6.45, 7) is -0.642.